The number of carbonyl (C=O) groups is 1. The molecule has 4 N–H and O–H groups in total. The molecule has 41 heavy (non-hydrogen) atoms. The third-order valence-corrected chi connectivity index (χ3v) is 8.62. The standard InChI is InChI=1S/C31H38N8O2/c1-4-30(12-6-5-9-26(30)40)36-27-24(21-18-33-39(20-21)16-15-38(2)3)19-32-29(35-27)34-22-10-11-23-25(17-22)31(37-28(23)41)13-7-8-14-31/h5-6,9-12,17-20,26,40H,4,7-8,13-16H2,1-3H3,(H,37,41)(H2,32,34,35,36)/t26?,30-/m0/s1. The molecule has 214 valence electrons. The van der Waals surface area contributed by atoms with Crippen LogP contribution in [0.2, 0.25) is 0 Å². The molecule has 1 aliphatic heterocycles. The lowest BCUT2D eigenvalue weighted by molar-refractivity contribution is 0.0931. The number of nitrogens with one attached hydrogen (secondary N) is 3. The van der Waals surface area contributed by atoms with Gasteiger partial charge in [0.2, 0.25) is 5.95 Å². The molecule has 3 aliphatic rings. The fourth-order valence-electron chi connectivity index (χ4n) is 6.16. The Morgan fingerprint density at radius 2 is 2.00 bits per heavy atom. The summed E-state index contributed by atoms with van der Waals surface area (Å²) in [5.41, 5.74) is 3.33. The monoisotopic (exact) mass is 554 g/mol. The van der Waals surface area contributed by atoms with Crippen LogP contribution in [0.4, 0.5) is 17.5 Å². The number of allylic oxidation sites excluding steroid dienone is 2. The first kappa shape index (κ1) is 27.2. The molecule has 0 bridgehead atoms. The van der Waals surface area contributed by atoms with E-state index in [4.69, 9.17) is 4.98 Å². The first-order valence-corrected chi connectivity index (χ1v) is 14.4. The Labute approximate surface area is 240 Å². The molecule has 1 aromatic carbocycles. The lowest BCUT2D eigenvalue weighted by Crippen LogP contribution is -2.47. The molecule has 3 heterocycles. The van der Waals surface area contributed by atoms with Crippen molar-refractivity contribution in [2.75, 3.05) is 31.3 Å². The van der Waals surface area contributed by atoms with Gasteiger partial charge in [-0.15, -0.1) is 0 Å². The summed E-state index contributed by atoms with van der Waals surface area (Å²) in [5.74, 6) is 1.02. The summed E-state index contributed by atoms with van der Waals surface area (Å²) in [6.07, 6.45) is 17.3. The Balaban J connectivity index is 1.34. The van der Waals surface area contributed by atoms with E-state index in [0.29, 0.717) is 18.2 Å². The number of fused-ring (bicyclic) bond motifs is 2. The molecular formula is C31H38N8O2. The minimum absolute atomic E-state index is 0.00433. The lowest BCUT2D eigenvalue weighted by atomic mass is 9.85. The van der Waals surface area contributed by atoms with E-state index < -0.39 is 11.6 Å². The molecule has 1 saturated carbocycles. The molecule has 0 saturated heterocycles. The zero-order valence-electron chi connectivity index (χ0n) is 23.9. The van der Waals surface area contributed by atoms with Crippen molar-refractivity contribution in [3.8, 4) is 11.1 Å². The van der Waals surface area contributed by atoms with Gasteiger partial charge in [-0.1, -0.05) is 44.1 Å². The van der Waals surface area contributed by atoms with Crippen molar-refractivity contribution < 1.29 is 9.90 Å². The van der Waals surface area contributed by atoms with Crippen molar-refractivity contribution in [3.63, 3.8) is 0 Å². The van der Waals surface area contributed by atoms with Crippen LogP contribution >= 0.6 is 0 Å². The van der Waals surface area contributed by atoms with E-state index >= 15 is 0 Å². The summed E-state index contributed by atoms with van der Waals surface area (Å²) < 4.78 is 1.91. The molecule has 1 amide bonds. The zero-order valence-corrected chi connectivity index (χ0v) is 23.9. The number of aromatic nitrogens is 4. The Kier molecular flexibility index (Phi) is 7.13. The van der Waals surface area contributed by atoms with Crippen molar-refractivity contribution in [1.29, 1.82) is 0 Å². The van der Waals surface area contributed by atoms with E-state index in [2.05, 4.69) is 37.0 Å². The van der Waals surface area contributed by atoms with Gasteiger partial charge in [-0.25, -0.2) is 4.98 Å². The maximum Gasteiger partial charge on any atom is 0.252 e. The number of rotatable bonds is 9. The van der Waals surface area contributed by atoms with E-state index in [9.17, 15) is 9.90 Å². The number of benzene rings is 1. The summed E-state index contributed by atoms with van der Waals surface area (Å²) in [4.78, 5) is 24.4. The van der Waals surface area contributed by atoms with Gasteiger partial charge in [0.05, 0.1) is 29.9 Å². The molecule has 2 aromatic heterocycles. The number of amides is 1. The number of carbonyl (C=O) groups excluding carboxylic acids is 1. The van der Waals surface area contributed by atoms with E-state index in [1.54, 1.807) is 12.3 Å². The predicted molar refractivity (Wildman–Crippen MR) is 160 cm³/mol. The van der Waals surface area contributed by atoms with Crippen LogP contribution in [0.25, 0.3) is 11.1 Å². The fraction of sp³-hybridized carbons (Fsp3) is 0.419. The van der Waals surface area contributed by atoms with Gasteiger partial charge in [-0.2, -0.15) is 10.1 Å². The summed E-state index contributed by atoms with van der Waals surface area (Å²) in [6, 6.07) is 5.85. The highest BCUT2D eigenvalue weighted by molar-refractivity contribution is 6.00. The third-order valence-electron chi connectivity index (χ3n) is 8.62. The molecule has 3 aromatic rings. The zero-order chi connectivity index (χ0) is 28.6. The van der Waals surface area contributed by atoms with Gasteiger partial charge in [-0.3, -0.25) is 9.48 Å². The fourth-order valence-corrected chi connectivity index (χ4v) is 6.16. The second-order valence-corrected chi connectivity index (χ2v) is 11.6. The highest BCUT2D eigenvalue weighted by Gasteiger charge is 2.44. The number of anilines is 3. The number of aliphatic hydroxyl groups is 1. The predicted octanol–water partition coefficient (Wildman–Crippen LogP) is 4.21. The maximum atomic E-state index is 12.7. The van der Waals surface area contributed by atoms with Gasteiger partial charge in [-0.05, 0) is 57.1 Å². The van der Waals surface area contributed by atoms with Gasteiger partial charge >= 0.3 is 0 Å². The third kappa shape index (κ3) is 5.13. The van der Waals surface area contributed by atoms with Crippen molar-refractivity contribution >= 4 is 23.4 Å². The topological polar surface area (TPSA) is 120 Å². The van der Waals surface area contributed by atoms with Gasteiger partial charge in [0.1, 0.15) is 5.82 Å². The van der Waals surface area contributed by atoms with Crippen molar-refractivity contribution in [1.82, 2.24) is 30.0 Å². The number of hydrogen-bond donors (Lipinski definition) is 4. The molecule has 1 fully saturated rings. The van der Waals surface area contributed by atoms with Crippen LogP contribution in [0.1, 0.15) is 54.9 Å². The maximum absolute atomic E-state index is 12.7. The molecule has 2 aliphatic carbocycles. The highest BCUT2D eigenvalue weighted by Crippen LogP contribution is 2.45. The van der Waals surface area contributed by atoms with Crippen LogP contribution in [-0.4, -0.2) is 67.9 Å². The average molecular weight is 555 g/mol. The Hall–Kier alpha value is -4.02. The lowest BCUT2D eigenvalue weighted by Gasteiger charge is -2.36. The summed E-state index contributed by atoms with van der Waals surface area (Å²) in [7, 11) is 4.08. The summed E-state index contributed by atoms with van der Waals surface area (Å²) in [6.45, 7) is 3.67. The minimum atomic E-state index is -0.719. The second-order valence-electron chi connectivity index (χ2n) is 11.6. The summed E-state index contributed by atoms with van der Waals surface area (Å²) >= 11 is 0. The molecule has 0 radical (unpaired) electrons. The molecule has 2 atom stereocenters. The van der Waals surface area contributed by atoms with Crippen LogP contribution in [0.15, 0.2) is 61.1 Å². The number of nitrogens with zero attached hydrogens (tertiary/aromatic N) is 5. The van der Waals surface area contributed by atoms with Crippen molar-refractivity contribution in [2.45, 2.75) is 62.8 Å². The van der Waals surface area contributed by atoms with Crippen LogP contribution in [0, 0.1) is 0 Å². The quantitative estimate of drug-likeness (QED) is 0.311. The number of hydrogen-bond acceptors (Lipinski definition) is 8. The smallest absolute Gasteiger partial charge is 0.252 e. The van der Waals surface area contributed by atoms with Gasteiger partial charge in [0.15, 0.2) is 0 Å². The van der Waals surface area contributed by atoms with E-state index in [1.807, 2.05) is 68.5 Å². The largest absolute Gasteiger partial charge is 0.386 e. The molecule has 6 rings (SSSR count). The number of likely N-dealkylation sites (N-methyl/N-ethyl adjacent to an activating group) is 1. The Morgan fingerprint density at radius 3 is 2.76 bits per heavy atom. The van der Waals surface area contributed by atoms with Gasteiger partial charge < -0.3 is 26.0 Å². The van der Waals surface area contributed by atoms with E-state index in [-0.39, 0.29) is 11.4 Å². The minimum Gasteiger partial charge on any atom is -0.386 e. The Morgan fingerprint density at radius 1 is 1.17 bits per heavy atom. The van der Waals surface area contributed by atoms with Gasteiger partial charge in [0.25, 0.3) is 5.91 Å². The van der Waals surface area contributed by atoms with Gasteiger partial charge in [0, 0.05) is 41.3 Å². The summed E-state index contributed by atoms with van der Waals surface area (Å²) in [5, 5.41) is 25.7. The molecule has 1 spiro atoms. The molecular weight excluding hydrogens is 516 g/mol. The van der Waals surface area contributed by atoms with E-state index in [0.717, 1.165) is 66.7 Å². The van der Waals surface area contributed by atoms with Crippen LogP contribution in [0.3, 0.4) is 0 Å². The van der Waals surface area contributed by atoms with E-state index in [1.165, 1.54) is 0 Å². The van der Waals surface area contributed by atoms with Crippen molar-refractivity contribution in [2.24, 2.45) is 0 Å². The van der Waals surface area contributed by atoms with Crippen LogP contribution in [0.5, 0.6) is 0 Å². The van der Waals surface area contributed by atoms with Crippen LogP contribution in [-0.2, 0) is 12.1 Å². The first-order chi connectivity index (χ1) is 19.8. The SMILES string of the molecule is CC[C@]1(Nc2nc(Nc3ccc4c(c3)C3(CCCC3)NC4=O)ncc2-c2cnn(CCN(C)C)c2)C=CC=CC1O. The van der Waals surface area contributed by atoms with Crippen molar-refractivity contribution in [3.05, 3.63) is 72.2 Å². The molecule has 1 unspecified atom stereocenters. The molecule has 10 nitrogen and oxygen atoms in total. The van der Waals surface area contributed by atoms with Crippen LogP contribution < -0.4 is 16.0 Å². The normalized spacial score (nSPS) is 22.4. The molecule has 10 heteroatoms. The average Bonchev–Trinajstić information content (AvgIpc) is 3.69. The highest BCUT2D eigenvalue weighted by atomic mass is 16.3. The Bertz CT molecular complexity index is 1500. The number of aliphatic hydroxyl groups excluding tert-OH is 1. The second kappa shape index (κ2) is 10.8. The first-order valence-electron chi connectivity index (χ1n) is 14.4.